The Balaban J connectivity index is 2.11. The van der Waals surface area contributed by atoms with Crippen molar-refractivity contribution >= 4 is 0 Å². The van der Waals surface area contributed by atoms with Crippen molar-refractivity contribution in [2.45, 2.75) is 38.7 Å². The van der Waals surface area contributed by atoms with Crippen molar-refractivity contribution in [2.75, 3.05) is 0 Å². The highest BCUT2D eigenvalue weighted by molar-refractivity contribution is 5.30. The molecule has 0 N–H and O–H groups in total. The maximum absolute atomic E-state index is 13.5. The van der Waals surface area contributed by atoms with E-state index in [0.29, 0.717) is 11.3 Å². The molecule has 1 nitrogen and oxygen atoms in total. The van der Waals surface area contributed by atoms with Crippen molar-refractivity contribution in [3.05, 3.63) is 29.6 Å². The van der Waals surface area contributed by atoms with Crippen molar-refractivity contribution in [2.24, 2.45) is 0 Å². The molecule has 2 rings (SSSR count). The molecule has 76 valence electrons. The minimum absolute atomic E-state index is 0.209. The number of ether oxygens (including phenoxy) is 1. The van der Waals surface area contributed by atoms with Gasteiger partial charge in [0.2, 0.25) is 0 Å². The Bertz CT molecular complexity index is 316. The summed E-state index contributed by atoms with van der Waals surface area (Å²) in [4.78, 5) is 0. The Labute approximate surface area is 83.9 Å². The Kier molecular flexibility index (Phi) is 2.71. The van der Waals surface area contributed by atoms with Crippen LogP contribution in [0.5, 0.6) is 5.75 Å². The van der Waals surface area contributed by atoms with Crippen LogP contribution in [-0.2, 0) is 0 Å². The Morgan fingerprint density at radius 3 is 2.71 bits per heavy atom. The lowest BCUT2D eigenvalue weighted by atomic mass is 10.2. The largest absolute Gasteiger partial charge is 0.487 e. The molecule has 0 aromatic heterocycles. The molecule has 0 unspecified atom stereocenters. The van der Waals surface area contributed by atoms with Gasteiger partial charge in [0, 0.05) is 0 Å². The van der Waals surface area contributed by atoms with Crippen molar-refractivity contribution in [3.63, 3.8) is 0 Å². The maximum atomic E-state index is 13.5. The maximum Gasteiger partial charge on any atom is 0.167 e. The second kappa shape index (κ2) is 3.99. The molecule has 1 aliphatic rings. The standard InChI is InChI=1S/C12H15FO/c1-9-5-4-8-11(12(9)13)14-10-6-2-3-7-10/h4-5,8,10H,2-3,6-7H2,1H3. The molecule has 0 aliphatic heterocycles. The van der Waals surface area contributed by atoms with Gasteiger partial charge < -0.3 is 4.74 Å². The molecule has 0 heterocycles. The van der Waals surface area contributed by atoms with Gasteiger partial charge in [0.05, 0.1) is 6.10 Å². The predicted octanol–water partition coefficient (Wildman–Crippen LogP) is 3.46. The zero-order chi connectivity index (χ0) is 9.97. The van der Waals surface area contributed by atoms with Gasteiger partial charge in [0.1, 0.15) is 0 Å². The second-order valence-electron chi connectivity index (χ2n) is 3.91. The number of hydrogen-bond acceptors (Lipinski definition) is 1. The first-order valence-electron chi connectivity index (χ1n) is 5.19. The number of rotatable bonds is 2. The van der Waals surface area contributed by atoms with Crippen molar-refractivity contribution in [3.8, 4) is 5.75 Å². The number of benzene rings is 1. The molecule has 0 bridgehead atoms. The average Bonchev–Trinajstić information content (AvgIpc) is 2.66. The van der Waals surface area contributed by atoms with E-state index in [1.807, 2.05) is 6.07 Å². The summed E-state index contributed by atoms with van der Waals surface area (Å²) in [5, 5.41) is 0. The monoisotopic (exact) mass is 194 g/mol. The van der Waals surface area contributed by atoms with Crippen molar-refractivity contribution in [1.82, 2.24) is 0 Å². The van der Waals surface area contributed by atoms with E-state index >= 15 is 0 Å². The summed E-state index contributed by atoms with van der Waals surface area (Å²) in [5.74, 6) is 0.205. The third kappa shape index (κ3) is 1.89. The van der Waals surface area contributed by atoms with E-state index in [4.69, 9.17) is 4.74 Å². The lowest BCUT2D eigenvalue weighted by Gasteiger charge is -2.14. The van der Waals surface area contributed by atoms with E-state index in [0.717, 1.165) is 12.8 Å². The van der Waals surface area contributed by atoms with Gasteiger partial charge in [-0.3, -0.25) is 0 Å². The Morgan fingerprint density at radius 2 is 2.00 bits per heavy atom. The van der Waals surface area contributed by atoms with Crippen molar-refractivity contribution < 1.29 is 9.13 Å². The minimum atomic E-state index is -0.209. The summed E-state index contributed by atoms with van der Waals surface area (Å²) in [6.07, 6.45) is 4.77. The highest BCUT2D eigenvalue weighted by atomic mass is 19.1. The number of hydrogen-bond donors (Lipinski definition) is 0. The van der Waals surface area contributed by atoms with Crippen LogP contribution in [0.3, 0.4) is 0 Å². The first-order valence-corrected chi connectivity index (χ1v) is 5.19. The van der Waals surface area contributed by atoms with Gasteiger partial charge in [0.25, 0.3) is 0 Å². The summed E-state index contributed by atoms with van der Waals surface area (Å²) in [5.41, 5.74) is 0.653. The SMILES string of the molecule is Cc1cccc(OC2CCCC2)c1F. The van der Waals surface area contributed by atoms with Gasteiger partial charge in [0.15, 0.2) is 11.6 Å². The lowest BCUT2D eigenvalue weighted by molar-refractivity contribution is 0.200. The fourth-order valence-corrected chi connectivity index (χ4v) is 1.90. The van der Waals surface area contributed by atoms with Crippen LogP contribution in [0, 0.1) is 12.7 Å². The number of aryl methyl sites for hydroxylation is 1. The molecule has 1 fully saturated rings. The molecule has 0 amide bonds. The van der Waals surface area contributed by atoms with Crippen LogP contribution < -0.4 is 4.74 Å². The quantitative estimate of drug-likeness (QED) is 0.700. The van der Waals surface area contributed by atoms with Crippen LogP contribution in [0.15, 0.2) is 18.2 Å². The fourth-order valence-electron chi connectivity index (χ4n) is 1.90. The highest BCUT2D eigenvalue weighted by Crippen LogP contribution is 2.26. The molecular weight excluding hydrogens is 179 g/mol. The molecular formula is C12H15FO. The van der Waals surface area contributed by atoms with Gasteiger partial charge in [-0.25, -0.2) is 4.39 Å². The Morgan fingerprint density at radius 1 is 1.29 bits per heavy atom. The van der Waals surface area contributed by atoms with Crippen LogP contribution in [0.25, 0.3) is 0 Å². The van der Waals surface area contributed by atoms with E-state index in [1.54, 1.807) is 19.1 Å². The van der Waals surface area contributed by atoms with Gasteiger partial charge in [-0.2, -0.15) is 0 Å². The Hall–Kier alpha value is -1.05. The molecule has 0 atom stereocenters. The van der Waals surface area contributed by atoms with Crippen molar-refractivity contribution in [1.29, 1.82) is 0 Å². The number of halogens is 1. The molecule has 14 heavy (non-hydrogen) atoms. The third-order valence-corrected chi connectivity index (χ3v) is 2.75. The smallest absolute Gasteiger partial charge is 0.167 e. The molecule has 1 saturated carbocycles. The van der Waals surface area contributed by atoms with Crippen LogP contribution in [0.4, 0.5) is 4.39 Å². The summed E-state index contributed by atoms with van der Waals surface area (Å²) >= 11 is 0. The third-order valence-electron chi connectivity index (χ3n) is 2.75. The van der Waals surface area contributed by atoms with E-state index in [1.165, 1.54) is 12.8 Å². The van der Waals surface area contributed by atoms with Crippen LogP contribution in [0.2, 0.25) is 0 Å². The molecule has 0 spiro atoms. The van der Waals surface area contributed by atoms with Crippen LogP contribution >= 0.6 is 0 Å². The lowest BCUT2D eigenvalue weighted by Crippen LogP contribution is -2.12. The summed E-state index contributed by atoms with van der Waals surface area (Å²) in [6, 6.07) is 5.31. The van der Waals surface area contributed by atoms with E-state index in [-0.39, 0.29) is 11.9 Å². The van der Waals surface area contributed by atoms with Gasteiger partial charge in [-0.15, -0.1) is 0 Å². The molecule has 1 aliphatic carbocycles. The first kappa shape index (κ1) is 9.50. The highest BCUT2D eigenvalue weighted by Gasteiger charge is 2.18. The molecule has 0 radical (unpaired) electrons. The first-order chi connectivity index (χ1) is 6.77. The van der Waals surface area contributed by atoms with E-state index < -0.39 is 0 Å². The molecule has 2 heteroatoms. The minimum Gasteiger partial charge on any atom is -0.487 e. The van der Waals surface area contributed by atoms with Gasteiger partial charge in [-0.05, 0) is 44.2 Å². The van der Waals surface area contributed by atoms with E-state index in [9.17, 15) is 4.39 Å². The summed E-state index contributed by atoms with van der Waals surface area (Å²) < 4.78 is 19.1. The fraction of sp³-hybridized carbons (Fsp3) is 0.500. The average molecular weight is 194 g/mol. The van der Waals surface area contributed by atoms with Crippen LogP contribution in [-0.4, -0.2) is 6.10 Å². The van der Waals surface area contributed by atoms with Gasteiger partial charge in [-0.1, -0.05) is 12.1 Å². The van der Waals surface area contributed by atoms with E-state index in [2.05, 4.69) is 0 Å². The normalized spacial score (nSPS) is 17.3. The van der Waals surface area contributed by atoms with Gasteiger partial charge >= 0.3 is 0 Å². The molecule has 1 aromatic rings. The summed E-state index contributed by atoms with van der Waals surface area (Å²) in [6.45, 7) is 1.76. The predicted molar refractivity (Wildman–Crippen MR) is 54.0 cm³/mol. The topological polar surface area (TPSA) is 9.23 Å². The second-order valence-corrected chi connectivity index (χ2v) is 3.91. The molecule has 0 saturated heterocycles. The zero-order valence-corrected chi connectivity index (χ0v) is 8.42. The molecule has 1 aromatic carbocycles. The zero-order valence-electron chi connectivity index (χ0n) is 8.42. The van der Waals surface area contributed by atoms with Crippen LogP contribution in [0.1, 0.15) is 31.2 Å². The summed E-state index contributed by atoms with van der Waals surface area (Å²) in [7, 11) is 0.